The number of rotatable bonds is 3. The van der Waals surface area contributed by atoms with Crippen molar-refractivity contribution in [1.29, 1.82) is 5.26 Å². The van der Waals surface area contributed by atoms with E-state index in [1.165, 1.54) is 5.56 Å². The lowest BCUT2D eigenvalue weighted by Gasteiger charge is -2.08. The minimum atomic E-state index is -0.320. The lowest BCUT2D eigenvalue weighted by Crippen LogP contribution is -2.14. The fourth-order valence-corrected chi connectivity index (χ4v) is 1.77. The molecule has 0 bridgehead atoms. The molecule has 0 radical (unpaired) electrons. The number of amides is 1. The molecule has 0 atom stereocenters. The average Bonchev–Trinajstić information content (AvgIpc) is 2.47. The Hall–Kier alpha value is -2.67. The zero-order chi connectivity index (χ0) is 14.5. The summed E-state index contributed by atoms with van der Waals surface area (Å²) in [6, 6.07) is 14.4. The van der Waals surface area contributed by atoms with Gasteiger partial charge in [0.25, 0.3) is 5.91 Å². The molecular formula is C16H15N3O. The predicted octanol–water partition coefficient (Wildman–Crippen LogP) is 3.33. The van der Waals surface area contributed by atoms with Gasteiger partial charge in [-0.2, -0.15) is 5.26 Å². The molecule has 0 aliphatic rings. The molecule has 0 aliphatic carbocycles. The van der Waals surface area contributed by atoms with E-state index in [1.807, 2.05) is 30.3 Å². The van der Waals surface area contributed by atoms with E-state index in [4.69, 9.17) is 5.26 Å². The van der Waals surface area contributed by atoms with Crippen molar-refractivity contribution in [3.05, 3.63) is 59.4 Å². The third kappa shape index (κ3) is 3.21. The molecule has 2 aromatic rings. The van der Waals surface area contributed by atoms with Crippen LogP contribution in [0.25, 0.3) is 0 Å². The van der Waals surface area contributed by atoms with E-state index in [2.05, 4.69) is 24.1 Å². The van der Waals surface area contributed by atoms with Gasteiger partial charge in [-0.15, -0.1) is 0 Å². The quantitative estimate of drug-likeness (QED) is 0.925. The Morgan fingerprint density at radius 1 is 1.20 bits per heavy atom. The third-order valence-corrected chi connectivity index (χ3v) is 2.93. The van der Waals surface area contributed by atoms with Gasteiger partial charge in [-0.25, -0.2) is 4.98 Å². The molecule has 0 unspecified atom stereocenters. The van der Waals surface area contributed by atoms with E-state index in [-0.39, 0.29) is 17.3 Å². The molecule has 100 valence electrons. The first-order valence-corrected chi connectivity index (χ1v) is 6.38. The number of nitrogens with one attached hydrogen (secondary N) is 1. The van der Waals surface area contributed by atoms with Gasteiger partial charge in [0.05, 0.1) is 0 Å². The molecule has 0 saturated heterocycles. The zero-order valence-electron chi connectivity index (χ0n) is 11.4. The zero-order valence-corrected chi connectivity index (χ0v) is 11.4. The van der Waals surface area contributed by atoms with Crippen LogP contribution in [0, 0.1) is 11.3 Å². The van der Waals surface area contributed by atoms with Crippen molar-refractivity contribution in [2.75, 3.05) is 5.32 Å². The number of pyridine rings is 1. The number of benzene rings is 1. The first kappa shape index (κ1) is 13.8. The monoisotopic (exact) mass is 265 g/mol. The Morgan fingerprint density at radius 3 is 2.50 bits per heavy atom. The van der Waals surface area contributed by atoms with Crippen LogP contribution >= 0.6 is 0 Å². The van der Waals surface area contributed by atoms with E-state index in [9.17, 15) is 4.79 Å². The SMILES string of the molecule is CC(C)c1ccc(NC(=O)c2cccc(C#N)n2)cc1. The minimum absolute atomic E-state index is 0.229. The summed E-state index contributed by atoms with van der Waals surface area (Å²) in [6.45, 7) is 4.23. The van der Waals surface area contributed by atoms with Gasteiger partial charge in [-0.05, 0) is 35.7 Å². The molecule has 1 amide bonds. The Morgan fingerprint density at radius 2 is 1.90 bits per heavy atom. The summed E-state index contributed by atoms with van der Waals surface area (Å²) in [5, 5.41) is 11.5. The molecule has 1 aromatic heterocycles. The van der Waals surface area contributed by atoms with Crippen LogP contribution in [-0.4, -0.2) is 10.9 Å². The number of nitrogens with zero attached hydrogens (tertiary/aromatic N) is 2. The van der Waals surface area contributed by atoms with Crippen molar-refractivity contribution in [3.8, 4) is 6.07 Å². The maximum Gasteiger partial charge on any atom is 0.274 e. The van der Waals surface area contributed by atoms with E-state index >= 15 is 0 Å². The predicted molar refractivity (Wildman–Crippen MR) is 77.4 cm³/mol. The van der Waals surface area contributed by atoms with E-state index in [1.54, 1.807) is 18.2 Å². The molecule has 1 N–H and O–H groups in total. The van der Waals surface area contributed by atoms with Crippen molar-refractivity contribution >= 4 is 11.6 Å². The molecular weight excluding hydrogens is 250 g/mol. The van der Waals surface area contributed by atoms with Crippen LogP contribution in [0.3, 0.4) is 0 Å². The molecule has 1 heterocycles. The second-order valence-corrected chi connectivity index (χ2v) is 4.75. The van der Waals surface area contributed by atoms with Crippen LogP contribution in [-0.2, 0) is 0 Å². The van der Waals surface area contributed by atoms with Crippen LogP contribution in [0.4, 0.5) is 5.69 Å². The highest BCUT2D eigenvalue weighted by Gasteiger charge is 2.08. The van der Waals surface area contributed by atoms with Crippen molar-refractivity contribution < 1.29 is 4.79 Å². The summed E-state index contributed by atoms with van der Waals surface area (Å²) in [5.41, 5.74) is 2.39. The summed E-state index contributed by atoms with van der Waals surface area (Å²) in [7, 11) is 0. The van der Waals surface area contributed by atoms with Gasteiger partial charge < -0.3 is 5.32 Å². The van der Waals surface area contributed by atoms with Gasteiger partial charge in [-0.1, -0.05) is 32.0 Å². The molecule has 1 aromatic carbocycles. The fraction of sp³-hybridized carbons (Fsp3) is 0.188. The molecule has 2 rings (SSSR count). The smallest absolute Gasteiger partial charge is 0.274 e. The maximum absolute atomic E-state index is 12.0. The van der Waals surface area contributed by atoms with Crippen LogP contribution in [0.1, 0.15) is 41.5 Å². The first-order valence-electron chi connectivity index (χ1n) is 6.38. The Bertz CT molecular complexity index is 654. The van der Waals surface area contributed by atoms with Gasteiger partial charge >= 0.3 is 0 Å². The number of aromatic nitrogens is 1. The highest BCUT2D eigenvalue weighted by molar-refractivity contribution is 6.02. The first-order chi connectivity index (χ1) is 9.60. The summed E-state index contributed by atoms with van der Waals surface area (Å²) >= 11 is 0. The summed E-state index contributed by atoms with van der Waals surface area (Å²) in [6.07, 6.45) is 0. The molecule has 0 saturated carbocycles. The van der Waals surface area contributed by atoms with Gasteiger partial charge in [0.1, 0.15) is 17.5 Å². The maximum atomic E-state index is 12.0. The second kappa shape index (κ2) is 5.98. The Kier molecular flexibility index (Phi) is 4.11. The van der Waals surface area contributed by atoms with Crippen molar-refractivity contribution in [1.82, 2.24) is 4.98 Å². The lowest BCUT2D eigenvalue weighted by molar-refractivity contribution is 0.102. The second-order valence-electron chi connectivity index (χ2n) is 4.75. The highest BCUT2D eigenvalue weighted by atomic mass is 16.1. The molecule has 4 heteroatoms. The van der Waals surface area contributed by atoms with Crippen molar-refractivity contribution in [2.45, 2.75) is 19.8 Å². The van der Waals surface area contributed by atoms with Crippen LogP contribution < -0.4 is 5.32 Å². The number of carbonyl (C=O) groups excluding carboxylic acids is 1. The van der Waals surface area contributed by atoms with Gasteiger partial charge in [0.2, 0.25) is 0 Å². The summed E-state index contributed by atoms with van der Waals surface area (Å²) in [4.78, 5) is 16.0. The van der Waals surface area contributed by atoms with Gasteiger partial charge in [0.15, 0.2) is 0 Å². The number of nitriles is 1. The minimum Gasteiger partial charge on any atom is -0.321 e. The number of hydrogen-bond acceptors (Lipinski definition) is 3. The Labute approximate surface area is 118 Å². The molecule has 20 heavy (non-hydrogen) atoms. The van der Waals surface area contributed by atoms with Gasteiger partial charge in [0, 0.05) is 5.69 Å². The van der Waals surface area contributed by atoms with E-state index < -0.39 is 0 Å². The summed E-state index contributed by atoms with van der Waals surface area (Å²) in [5.74, 6) is 0.133. The molecule has 0 spiro atoms. The standard InChI is InChI=1S/C16H15N3O/c1-11(2)12-6-8-13(9-7-12)19-16(20)15-5-3-4-14(10-17)18-15/h3-9,11H,1-2H3,(H,19,20). The molecule has 0 fully saturated rings. The average molecular weight is 265 g/mol. The number of carbonyl (C=O) groups is 1. The van der Waals surface area contributed by atoms with E-state index in [0.29, 0.717) is 11.6 Å². The third-order valence-electron chi connectivity index (χ3n) is 2.93. The van der Waals surface area contributed by atoms with Crippen LogP contribution in [0.5, 0.6) is 0 Å². The van der Waals surface area contributed by atoms with E-state index in [0.717, 1.165) is 0 Å². The Balaban J connectivity index is 2.13. The highest BCUT2D eigenvalue weighted by Crippen LogP contribution is 2.17. The number of anilines is 1. The number of hydrogen-bond donors (Lipinski definition) is 1. The van der Waals surface area contributed by atoms with Crippen LogP contribution in [0.2, 0.25) is 0 Å². The largest absolute Gasteiger partial charge is 0.321 e. The summed E-state index contributed by atoms with van der Waals surface area (Å²) < 4.78 is 0. The van der Waals surface area contributed by atoms with Crippen molar-refractivity contribution in [2.24, 2.45) is 0 Å². The molecule has 0 aliphatic heterocycles. The fourth-order valence-electron chi connectivity index (χ4n) is 1.77. The molecule has 4 nitrogen and oxygen atoms in total. The van der Waals surface area contributed by atoms with Crippen LogP contribution in [0.15, 0.2) is 42.5 Å². The lowest BCUT2D eigenvalue weighted by atomic mass is 10.0. The van der Waals surface area contributed by atoms with Gasteiger partial charge in [-0.3, -0.25) is 4.79 Å². The van der Waals surface area contributed by atoms with Crippen molar-refractivity contribution in [3.63, 3.8) is 0 Å². The normalized spacial score (nSPS) is 10.1. The topological polar surface area (TPSA) is 65.8 Å².